The molecule has 0 unspecified atom stereocenters. The van der Waals surface area contributed by atoms with E-state index in [1.807, 2.05) is 0 Å². The second-order valence-electron chi connectivity index (χ2n) is 5.90. The third-order valence-electron chi connectivity index (χ3n) is 4.14. The van der Waals surface area contributed by atoms with Gasteiger partial charge in [-0.25, -0.2) is 13.2 Å². The first-order valence-electron chi connectivity index (χ1n) is 8.14. The Labute approximate surface area is 160 Å². The predicted octanol–water partition coefficient (Wildman–Crippen LogP) is 2.23. The van der Waals surface area contributed by atoms with Gasteiger partial charge < -0.3 is 14.6 Å². The molecule has 0 saturated heterocycles. The average molecular weight is 408 g/mol. The number of non-ortho nitro benzene ring substituents is 1. The maximum absolute atomic E-state index is 13.0. The molecule has 0 aliphatic carbocycles. The van der Waals surface area contributed by atoms with Crippen LogP contribution in [0, 0.1) is 10.1 Å². The number of ether oxygens (including phenoxy) is 2. The van der Waals surface area contributed by atoms with Gasteiger partial charge in [-0.1, -0.05) is 13.0 Å². The first-order valence-corrected chi connectivity index (χ1v) is 9.58. The number of hydrogen-bond donors (Lipinski definition) is 1. The molecule has 28 heavy (non-hydrogen) atoms. The first-order chi connectivity index (χ1) is 13.2. The zero-order chi connectivity index (χ0) is 20.5. The number of carboxylic acid groups (broad SMARTS) is 1. The van der Waals surface area contributed by atoms with E-state index in [1.54, 1.807) is 25.1 Å². The minimum atomic E-state index is -4.18. The molecule has 10 nitrogen and oxygen atoms in total. The Bertz CT molecular complexity index is 1020. The summed E-state index contributed by atoms with van der Waals surface area (Å²) in [4.78, 5) is 21.0. The van der Waals surface area contributed by atoms with Crippen LogP contribution in [0.1, 0.15) is 22.8 Å². The van der Waals surface area contributed by atoms with E-state index in [9.17, 15) is 23.3 Å². The van der Waals surface area contributed by atoms with Crippen molar-refractivity contribution >= 4 is 21.7 Å². The Morgan fingerprint density at radius 1 is 1.21 bits per heavy atom. The summed E-state index contributed by atoms with van der Waals surface area (Å²) in [7, 11) is -4.18. The van der Waals surface area contributed by atoms with Crippen LogP contribution in [0.3, 0.4) is 0 Å². The van der Waals surface area contributed by atoms with Crippen LogP contribution < -0.4 is 9.47 Å². The van der Waals surface area contributed by atoms with Gasteiger partial charge in [-0.2, -0.15) is 4.31 Å². The van der Waals surface area contributed by atoms with Crippen molar-refractivity contribution in [2.45, 2.75) is 18.4 Å². The van der Waals surface area contributed by atoms with E-state index in [0.717, 1.165) is 22.5 Å². The molecule has 0 aromatic heterocycles. The number of nitro benzene ring substituents is 1. The molecule has 0 spiro atoms. The van der Waals surface area contributed by atoms with Crippen LogP contribution in [-0.2, 0) is 16.6 Å². The fourth-order valence-electron chi connectivity index (χ4n) is 2.72. The van der Waals surface area contributed by atoms with E-state index in [1.165, 1.54) is 0 Å². The molecular weight excluding hydrogens is 392 g/mol. The summed E-state index contributed by atoms with van der Waals surface area (Å²) in [6, 6.07) is 7.57. The highest BCUT2D eigenvalue weighted by Crippen LogP contribution is 2.33. The highest BCUT2D eigenvalue weighted by molar-refractivity contribution is 7.89. The predicted molar refractivity (Wildman–Crippen MR) is 95.9 cm³/mol. The molecule has 1 heterocycles. The molecule has 3 rings (SSSR count). The Morgan fingerprint density at radius 2 is 1.93 bits per heavy atom. The second kappa shape index (κ2) is 7.44. The Morgan fingerprint density at radius 3 is 2.57 bits per heavy atom. The molecular formula is C17H16N2O8S. The molecule has 0 atom stereocenters. The van der Waals surface area contributed by atoms with E-state index < -0.39 is 37.1 Å². The molecule has 0 radical (unpaired) electrons. The van der Waals surface area contributed by atoms with Crippen molar-refractivity contribution in [3.63, 3.8) is 0 Å². The fourth-order valence-corrected chi connectivity index (χ4v) is 4.22. The maximum Gasteiger partial charge on any atom is 0.335 e. The highest BCUT2D eigenvalue weighted by atomic mass is 32.2. The van der Waals surface area contributed by atoms with Crippen LogP contribution in [0.2, 0.25) is 0 Å². The second-order valence-corrected chi connectivity index (χ2v) is 7.83. The van der Waals surface area contributed by atoms with Crippen molar-refractivity contribution < 1.29 is 32.7 Å². The number of carboxylic acids is 1. The van der Waals surface area contributed by atoms with Crippen molar-refractivity contribution in [2.75, 3.05) is 13.3 Å². The number of aromatic carboxylic acids is 1. The Balaban J connectivity index is 1.97. The zero-order valence-electron chi connectivity index (χ0n) is 14.7. The molecule has 0 saturated carbocycles. The zero-order valence-corrected chi connectivity index (χ0v) is 15.5. The van der Waals surface area contributed by atoms with Gasteiger partial charge in [-0.3, -0.25) is 10.1 Å². The van der Waals surface area contributed by atoms with Crippen LogP contribution in [-0.4, -0.2) is 42.1 Å². The lowest BCUT2D eigenvalue weighted by molar-refractivity contribution is -0.385. The van der Waals surface area contributed by atoms with Crippen LogP contribution >= 0.6 is 0 Å². The van der Waals surface area contributed by atoms with E-state index in [2.05, 4.69) is 0 Å². The Hall–Kier alpha value is -3.18. The van der Waals surface area contributed by atoms with Gasteiger partial charge in [-0.15, -0.1) is 0 Å². The molecule has 2 aromatic carbocycles. The van der Waals surface area contributed by atoms with Crippen LogP contribution in [0.4, 0.5) is 5.69 Å². The number of fused-ring (bicyclic) bond motifs is 1. The van der Waals surface area contributed by atoms with Crippen molar-refractivity contribution in [1.29, 1.82) is 0 Å². The number of benzene rings is 2. The van der Waals surface area contributed by atoms with E-state index >= 15 is 0 Å². The van der Waals surface area contributed by atoms with Crippen molar-refractivity contribution in [3.05, 3.63) is 57.6 Å². The molecule has 0 amide bonds. The van der Waals surface area contributed by atoms with Gasteiger partial charge in [0.15, 0.2) is 11.5 Å². The third kappa shape index (κ3) is 3.75. The van der Waals surface area contributed by atoms with Gasteiger partial charge in [0.2, 0.25) is 16.8 Å². The summed E-state index contributed by atoms with van der Waals surface area (Å²) in [6.45, 7) is 1.74. The Kier molecular flexibility index (Phi) is 5.21. The first kappa shape index (κ1) is 19.6. The standard InChI is InChI=1S/C17H16N2O8S/c1-2-18(9-11-3-4-15-16(5-11)27-10-26-15)28(24,25)14-7-12(17(20)21)6-13(8-14)19(22)23/h3-8H,2,9-10H2,1H3,(H,20,21). The van der Waals surface area contributed by atoms with Crippen LogP contribution in [0.5, 0.6) is 11.5 Å². The quantitative estimate of drug-likeness (QED) is 0.544. The van der Waals surface area contributed by atoms with Gasteiger partial charge in [-0.05, 0) is 23.8 Å². The lowest BCUT2D eigenvalue weighted by atomic mass is 10.2. The van der Waals surface area contributed by atoms with Gasteiger partial charge in [0.05, 0.1) is 15.4 Å². The molecule has 2 aromatic rings. The van der Waals surface area contributed by atoms with Crippen LogP contribution in [0.15, 0.2) is 41.3 Å². The van der Waals surface area contributed by atoms with E-state index in [0.29, 0.717) is 17.1 Å². The normalized spacial score (nSPS) is 12.9. The summed E-state index contributed by atoms with van der Waals surface area (Å²) in [5.74, 6) is -0.409. The number of nitro groups is 1. The van der Waals surface area contributed by atoms with E-state index in [-0.39, 0.29) is 19.9 Å². The number of sulfonamides is 1. The van der Waals surface area contributed by atoms with E-state index in [4.69, 9.17) is 14.6 Å². The number of nitrogens with zero attached hydrogens (tertiary/aromatic N) is 2. The molecule has 0 fully saturated rings. The number of rotatable bonds is 7. The van der Waals surface area contributed by atoms with Gasteiger partial charge in [0.25, 0.3) is 5.69 Å². The smallest absolute Gasteiger partial charge is 0.335 e. The largest absolute Gasteiger partial charge is 0.478 e. The molecule has 11 heteroatoms. The molecule has 1 aliphatic rings. The van der Waals surface area contributed by atoms with Crippen molar-refractivity contribution in [2.24, 2.45) is 0 Å². The maximum atomic E-state index is 13.0. The molecule has 148 valence electrons. The lowest BCUT2D eigenvalue weighted by Gasteiger charge is -2.21. The molecule has 0 bridgehead atoms. The lowest BCUT2D eigenvalue weighted by Crippen LogP contribution is -2.30. The van der Waals surface area contributed by atoms with Gasteiger partial charge in [0, 0.05) is 25.2 Å². The summed E-state index contributed by atoms with van der Waals surface area (Å²) in [5.41, 5.74) is -0.469. The molecule has 1 N–H and O–H groups in total. The highest BCUT2D eigenvalue weighted by Gasteiger charge is 2.28. The SMILES string of the molecule is CCN(Cc1ccc2c(c1)OCO2)S(=O)(=O)c1cc(C(=O)O)cc([N+](=O)[O-])c1. The van der Waals surface area contributed by atoms with Gasteiger partial charge >= 0.3 is 5.97 Å². The van der Waals surface area contributed by atoms with Crippen molar-refractivity contribution in [3.8, 4) is 11.5 Å². The summed E-state index contributed by atoms with van der Waals surface area (Å²) >= 11 is 0. The fraction of sp³-hybridized carbons (Fsp3) is 0.235. The van der Waals surface area contributed by atoms with Crippen LogP contribution in [0.25, 0.3) is 0 Å². The summed E-state index contributed by atoms with van der Waals surface area (Å²) in [5, 5.41) is 20.2. The molecule has 1 aliphatic heterocycles. The topological polar surface area (TPSA) is 136 Å². The monoisotopic (exact) mass is 408 g/mol. The number of carbonyl (C=O) groups is 1. The summed E-state index contributed by atoms with van der Waals surface area (Å²) < 4.78 is 37.6. The average Bonchev–Trinajstić information content (AvgIpc) is 3.13. The minimum Gasteiger partial charge on any atom is -0.478 e. The third-order valence-corrected chi connectivity index (χ3v) is 6.03. The summed E-state index contributed by atoms with van der Waals surface area (Å²) in [6.07, 6.45) is 0. The van der Waals surface area contributed by atoms with Crippen molar-refractivity contribution in [1.82, 2.24) is 4.31 Å². The number of hydrogen-bond acceptors (Lipinski definition) is 7. The minimum absolute atomic E-state index is 0.0272. The van der Waals surface area contributed by atoms with Gasteiger partial charge in [0.1, 0.15) is 0 Å².